The lowest BCUT2D eigenvalue weighted by atomic mass is 10.1. The van der Waals surface area contributed by atoms with Crippen LogP contribution in [0.4, 0.5) is 0 Å². The van der Waals surface area contributed by atoms with Crippen LogP contribution >= 0.6 is 0 Å². The van der Waals surface area contributed by atoms with Crippen LogP contribution in [0.5, 0.6) is 11.5 Å². The maximum atomic E-state index is 13.3. The normalized spacial score (nSPS) is 10.5. The topological polar surface area (TPSA) is 103 Å². The number of carbonyl (C=O) groups excluding carboxylic acids is 2. The molecule has 174 valence electrons. The van der Waals surface area contributed by atoms with E-state index in [9.17, 15) is 9.59 Å². The Balaban J connectivity index is 1.84. The van der Waals surface area contributed by atoms with Gasteiger partial charge < -0.3 is 29.0 Å². The summed E-state index contributed by atoms with van der Waals surface area (Å²) >= 11 is 0. The van der Waals surface area contributed by atoms with Gasteiger partial charge in [-0.2, -0.15) is 0 Å². The van der Waals surface area contributed by atoms with E-state index in [-0.39, 0.29) is 24.7 Å². The van der Waals surface area contributed by atoms with Crippen LogP contribution < -0.4 is 14.8 Å². The highest BCUT2D eigenvalue weighted by molar-refractivity contribution is 5.95. The number of aromatic nitrogens is 1. The summed E-state index contributed by atoms with van der Waals surface area (Å²) in [6.07, 6.45) is 0. The van der Waals surface area contributed by atoms with Gasteiger partial charge in [-0.15, -0.1) is 0 Å². The molecule has 33 heavy (non-hydrogen) atoms. The molecule has 3 aromatic rings. The SMILES string of the molecule is COCCNC(=O)CN(Cc1ccccc1)C(=O)c1cc(-c2cc(OC)ccc2OC)on1. The van der Waals surface area contributed by atoms with Crippen LogP contribution in [0.25, 0.3) is 11.3 Å². The lowest BCUT2D eigenvalue weighted by Gasteiger charge is -2.21. The molecule has 9 nitrogen and oxygen atoms in total. The van der Waals surface area contributed by atoms with Gasteiger partial charge in [0, 0.05) is 26.3 Å². The number of nitrogens with zero attached hydrogens (tertiary/aromatic N) is 2. The van der Waals surface area contributed by atoms with Gasteiger partial charge in [-0.3, -0.25) is 9.59 Å². The van der Waals surface area contributed by atoms with Crippen molar-refractivity contribution in [1.82, 2.24) is 15.4 Å². The van der Waals surface area contributed by atoms with Crippen molar-refractivity contribution in [2.75, 3.05) is 41.0 Å². The molecule has 1 aromatic heterocycles. The average Bonchev–Trinajstić information content (AvgIpc) is 3.33. The summed E-state index contributed by atoms with van der Waals surface area (Å²) in [6, 6.07) is 16.2. The summed E-state index contributed by atoms with van der Waals surface area (Å²) in [6.45, 7) is 0.837. The Morgan fingerprint density at radius 1 is 1.03 bits per heavy atom. The molecule has 0 aliphatic carbocycles. The van der Waals surface area contributed by atoms with Crippen molar-refractivity contribution < 1.29 is 28.3 Å². The number of methoxy groups -OCH3 is 3. The first-order valence-corrected chi connectivity index (χ1v) is 10.3. The van der Waals surface area contributed by atoms with E-state index in [0.29, 0.717) is 36.0 Å². The number of ether oxygens (including phenoxy) is 3. The maximum absolute atomic E-state index is 13.3. The van der Waals surface area contributed by atoms with Crippen LogP contribution in [0.1, 0.15) is 16.1 Å². The molecule has 1 N–H and O–H groups in total. The molecule has 0 fully saturated rings. The van der Waals surface area contributed by atoms with Gasteiger partial charge >= 0.3 is 0 Å². The fourth-order valence-electron chi connectivity index (χ4n) is 3.20. The zero-order valence-corrected chi connectivity index (χ0v) is 18.9. The predicted molar refractivity (Wildman–Crippen MR) is 121 cm³/mol. The second kappa shape index (κ2) is 11.7. The standard InChI is InChI=1S/C24H27N3O6/c1-30-12-11-25-23(28)16-27(15-17-7-5-4-6-8-17)24(29)20-14-22(33-26-20)19-13-18(31-2)9-10-21(19)32-3/h4-10,13-14H,11-12,15-16H2,1-3H3,(H,25,28). The highest BCUT2D eigenvalue weighted by Crippen LogP contribution is 2.34. The molecule has 9 heteroatoms. The molecule has 0 spiro atoms. The molecular weight excluding hydrogens is 426 g/mol. The van der Waals surface area contributed by atoms with Gasteiger partial charge in [0.15, 0.2) is 11.5 Å². The Morgan fingerprint density at radius 3 is 2.52 bits per heavy atom. The summed E-state index contributed by atoms with van der Waals surface area (Å²) in [7, 11) is 4.65. The van der Waals surface area contributed by atoms with Gasteiger partial charge in [-0.05, 0) is 23.8 Å². The summed E-state index contributed by atoms with van der Waals surface area (Å²) in [5.41, 5.74) is 1.56. The Kier molecular flexibility index (Phi) is 8.43. The largest absolute Gasteiger partial charge is 0.497 e. The second-order valence-electron chi connectivity index (χ2n) is 7.13. The number of nitrogens with one attached hydrogen (secondary N) is 1. The van der Waals surface area contributed by atoms with E-state index in [4.69, 9.17) is 18.7 Å². The number of carbonyl (C=O) groups is 2. The Labute approximate surface area is 192 Å². The van der Waals surface area contributed by atoms with Crippen LogP contribution in [-0.4, -0.2) is 62.9 Å². The highest BCUT2D eigenvalue weighted by Gasteiger charge is 2.24. The van der Waals surface area contributed by atoms with Crippen molar-refractivity contribution in [1.29, 1.82) is 0 Å². The third-order valence-corrected chi connectivity index (χ3v) is 4.87. The zero-order valence-electron chi connectivity index (χ0n) is 18.9. The van der Waals surface area contributed by atoms with Gasteiger partial charge in [0.2, 0.25) is 5.91 Å². The number of hydrogen-bond donors (Lipinski definition) is 1. The molecule has 0 saturated carbocycles. The Hall–Kier alpha value is -3.85. The van der Waals surface area contributed by atoms with E-state index < -0.39 is 5.91 Å². The molecular formula is C24H27N3O6. The van der Waals surface area contributed by atoms with Crippen LogP contribution in [0.15, 0.2) is 59.1 Å². The molecule has 0 aliphatic heterocycles. The molecule has 0 aliphatic rings. The third kappa shape index (κ3) is 6.33. The van der Waals surface area contributed by atoms with Gasteiger partial charge in [0.05, 0.1) is 26.4 Å². The van der Waals surface area contributed by atoms with E-state index in [1.54, 1.807) is 32.4 Å². The van der Waals surface area contributed by atoms with Crippen molar-refractivity contribution in [3.8, 4) is 22.8 Å². The lowest BCUT2D eigenvalue weighted by Crippen LogP contribution is -2.41. The molecule has 2 amide bonds. The number of amides is 2. The monoisotopic (exact) mass is 453 g/mol. The number of benzene rings is 2. The van der Waals surface area contributed by atoms with Gasteiger partial charge in [0.1, 0.15) is 18.0 Å². The summed E-state index contributed by atoms with van der Waals surface area (Å²) < 4.78 is 21.1. The van der Waals surface area contributed by atoms with E-state index in [0.717, 1.165) is 5.56 Å². The first kappa shape index (κ1) is 23.8. The summed E-state index contributed by atoms with van der Waals surface area (Å²) in [5.74, 6) is 0.767. The molecule has 0 unspecified atom stereocenters. The Morgan fingerprint density at radius 2 is 1.82 bits per heavy atom. The number of hydrogen-bond acceptors (Lipinski definition) is 7. The van der Waals surface area contributed by atoms with Gasteiger partial charge in [-0.1, -0.05) is 35.5 Å². The van der Waals surface area contributed by atoms with Crippen LogP contribution in [-0.2, 0) is 16.1 Å². The first-order chi connectivity index (χ1) is 16.0. The number of rotatable bonds is 11. The minimum Gasteiger partial charge on any atom is -0.497 e. The maximum Gasteiger partial charge on any atom is 0.276 e. The predicted octanol–water partition coefficient (Wildman–Crippen LogP) is 2.76. The quantitative estimate of drug-likeness (QED) is 0.445. The van der Waals surface area contributed by atoms with Gasteiger partial charge in [-0.25, -0.2) is 0 Å². The highest BCUT2D eigenvalue weighted by atomic mass is 16.5. The average molecular weight is 453 g/mol. The fourth-order valence-corrected chi connectivity index (χ4v) is 3.20. The minimum absolute atomic E-state index is 0.0792. The van der Waals surface area contributed by atoms with E-state index in [1.807, 2.05) is 30.3 Å². The molecule has 0 radical (unpaired) electrons. The van der Waals surface area contributed by atoms with Crippen molar-refractivity contribution in [3.05, 3.63) is 65.9 Å². The zero-order chi connectivity index (χ0) is 23.6. The third-order valence-electron chi connectivity index (χ3n) is 4.87. The molecule has 1 heterocycles. The van der Waals surface area contributed by atoms with Crippen LogP contribution in [0.3, 0.4) is 0 Å². The lowest BCUT2D eigenvalue weighted by molar-refractivity contribution is -0.122. The van der Waals surface area contributed by atoms with Crippen molar-refractivity contribution in [3.63, 3.8) is 0 Å². The van der Waals surface area contributed by atoms with Crippen LogP contribution in [0, 0.1) is 0 Å². The molecule has 0 bridgehead atoms. The smallest absolute Gasteiger partial charge is 0.276 e. The Bertz CT molecular complexity index is 1070. The molecule has 3 rings (SSSR count). The van der Waals surface area contributed by atoms with Crippen LogP contribution in [0.2, 0.25) is 0 Å². The minimum atomic E-state index is -0.433. The van der Waals surface area contributed by atoms with Crippen molar-refractivity contribution in [2.24, 2.45) is 0 Å². The second-order valence-corrected chi connectivity index (χ2v) is 7.13. The molecule has 2 aromatic carbocycles. The summed E-state index contributed by atoms with van der Waals surface area (Å²) in [5, 5.41) is 6.69. The van der Waals surface area contributed by atoms with E-state index in [2.05, 4.69) is 10.5 Å². The van der Waals surface area contributed by atoms with Crippen molar-refractivity contribution >= 4 is 11.8 Å². The molecule has 0 atom stereocenters. The molecule has 0 saturated heterocycles. The van der Waals surface area contributed by atoms with E-state index >= 15 is 0 Å². The van der Waals surface area contributed by atoms with E-state index in [1.165, 1.54) is 18.1 Å². The fraction of sp³-hybridized carbons (Fsp3) is 0.292. The first-order valence-electron chi connectivity index (χ1n) is 10.3. The summed E-state index contributed by atoms with van der Waals surface area (Å²) in [4.78, 5) is 27.1. The van der Waals surface area contributed by atoms with Gasteiger partial charge in [0.25, 0.3) is 5.91 Å². The van der Waals surface area contributed by atoms with Crippen molar-refractivity contribution in [2.45, 2.75) is 6.54 Å².